The van der Waals surface area contributed by atoms with Gasteiger partial charge in [-0.05, 0) is 0 Å². The Kier molecular flexibility index (Phi) is 5.42. The Balaban J connectivity index is 2.16. The minimum atomic E-state index is 0.209. The van der Waals surface area contributed by atoms with E-state index in [4.69, 9.17) is 0 Å². The van der Waals surface area contributed by atoms with Gasteiger partial charge in [0.05, 0.1) is 0 Å². The van der Waals surface area contributed by atoms with E-state index in [0.717, 1.165) is 0 Å². The molecule has 2 aromatic rings. The number of rotatable bonds is 4. The van der Waals surface area contributed by atoms with E-state index in [1.54, 1.807) is 0 Å². The fourth-order valence-electron chi connectivity index (χ4n) is 1.67. The number of nitrogens with zero attached hydrogens (tertiary/aromatic N) is 1. The van der Waals surface area contributed by atoms with Gasteiger partial charge in [-0.3, -0.25) is 0 Å². The average molecular weight is 414 g/mol. The molecule has 0 N–H and O–H groups in total. The van der Waals surface area contributed by atoms with E-state index in [0.29, 0.717) is 11.7 Å². The summed E-state index contributed by atoms with van der Waals surface area (Å²) in [6.07, 6.45) is 2.01. The van der Waals surface area contributed by atoms with Crippen molar-refractivity contribution in [3.05, 3.63) is 65.7 Å². The average Bonchev–Trinajstić information content (AvgIpc) is 2.46. The van der Waals surface area contributed by atoms with E-state index in [2.05, 4.69) is 80.8 Å². The van der Waals surface area contributed by atoms with Gasteiger partial charge in [-0.15, -0.1) is 0 Å². The molecule has 0 heterocycles. The Morgan fingerprint density at radius 1 is 1.06 bits per heavy atom. The molecule has 0 unspecified atom stereocenters. The van der Waals surface area contributed by atoms with Crippen LogP contribution in [0.15, 0.2) is 59.6 Å². The Hall–Kier alpha value is -0.641. The van der Waals surface area contributed by atoms with Crippen LogP contribution in [0.5, 0.6) is 0 Å². The van der Waals surface area contributed by atoms with Gasteiger partial charge in [0.15, 0.2) is 0 Å². The number of halogens is 1. The predicted molar refractivity (Wildman–Crippen MR) is 88.3 cm³/mol. The summed E-state index contributed by atoms with van der Waals surface area (Å²) in [4.78, 5) is 4.65. The van der Waals surface area contributed by atoms with Crippen molar-refractivity contribution < 1.29 is 0 Å². The molecule has 92 valence electrons. The molecule has 18 heavy (non-hydrogen) atoms. The van der Waals surface area contributed by atoms with Crippen LogP contribution in [-0.2, 0) is 0 Å². The van der Waals surface area contributed by atoms with Crippen LogP contribution in [0.4, 0.5) is 0 Å². The second kappa shape index (κ2) is 7.07. The van der Waals surface area contributed by atoms with E-state index in [-0.39, 0.29) is 6.04 Å². The zero-order chi connectivity index (χ0) is 12.8. The summed E-state index contributed by atoms with van der Waals surface area (Å²) in [5.74, 6) is 0. The number of benzene rings is 2. The number of hydrogen-bond acceptors (Lipinski definition) is 1. The topological polar surface area (TPSA) is 12.4 Å². The van der Waals surface area contributed by atoms with Gasteiger partial charge in [-0.2, -0.15) is 0 Å². The van der Waals surface area contributed by atoms with E-state index in [1.165, 1.54) is 15.6 Å². The third-order valence-electron chi connectivity index (χ3n) is 2.72. The quantitative estimate of drug-likeness (QED) is 0.413. The first-order valence-corrected chi connectivity index (χ1v) is 11.8. The fourth-order valence-corrected chi connectivity index (χ4v) is 4.46. The second-order valence-corrected chi connectivity index (χ2v) is 7.51. The molecule has 0 saturated heterocycles. The Labute approximate surface area is 126 Å². The van der Waals surface area contributed by atoms with Crippen LogP contribution < -0.4 is 4.46 Å². The monoisotopic (exact) mass is 415 g/mol. The molecule has 0 aromatic heterocycles. The minimum absolute atomic E-state index is 0.209. The van der Waals surface area contributed by atoms with Gasteiger partial charge in [0.1, 0.15) is 0 Å². The molecule has 2 aromatic carbocycles. The van der Waals surface area contributed by atoms with Crippen LogP contribution >= 0.6 is 20.3 Å². The first kappa shape index (κ1) is 13.8. The first-order valence-electron chi connectivity index (χ1n) is 5.77. The van der Waals surface area contributed by atoms with Crippen molar-refractivity contribution in [2.75, 3.05) is 0 Å². The summed E-state index contributed by atoms with van der Waals surface area (Å²) in [7, 11) is 0. The molecule has 0 bridgehead atoms. The third-order valence-corrected chi connectivity index (χ3v) is 6.32. The molecule has 0 aliphatic rings. The Morgan fingerprint density at radius 3 is 2.44 bits per heavy atom. The molecule has 2 rings (SSSR count). The Bertz CT molecular complexity index is 525. The van der Waals surface area contributed by atoms with Gasteiger partial charge >= 0.3 is 126 Å². The van der Waals surface area contributed by atoms with Crippen LogP contribution in [0.1, 0.15) is 24.1 Å². The summed E-state index contributed by atoms with van der Waals surface area (Å²) in [5, 5.41) is 0. The molecule has 0 saturated carbocycles. The van der Waals surface area contributed by atoms with Crippen molar-refractivity contribution in [1.29, 1.82) is 0 Å². The molecule has 0 amide bonds. The second-order valence-electron chi connectivity index (χ2n) is 3.98. The molecule has 0 spiro atoms. The summed E-state index contributed by atoms with van der Waals surface area (Å²) >= 11 is 2.93. The summed E-state index contributed by atoms with van der Waals surface area (Å²) < 4.78 is 1.40. The maximum atomic E-state index is 4.65. The zero-order valence-corrected chi connectivity index (χ0v) is 14.0. The Morgan fingerprint density at radius 2 is 1.72 bits per heavy atom. The van der Waals surface area contributed by atoms with Crippen molar-refractivity contribution >= 4 is 42.7 Å². The molecule has 1 nitrogen and oxygen atoms in total. The van der Waals surface area contributed by atoms with Gasteiger partial charge in [-0.1, -0.05) is 0 Å². The van der Waals surface area contributed by atoms with Crippen LogP contribution in [0, 0.1) is 0 Å². The van der Waals surface area contributed by atoms with Crippen molar-refractivity contribution in [2.24, 2.45) is 4.99 Å². The normalized spacial score (nSPS) is 12.8. The number of aliphatic imine (C=N–C) groups is 1. The maximum absolute atomic E-state index is 4.65. The predicted octanol–water partition coefficient (Wildman–Crippen LogP) is 3.55. The number of hydrogen-bond donors (Lipinski definition) is 0. The van der Waals surface area contributed by atoms with Crippen molar-refractivity contribution in [3.63, 3.8) is 0 Å². The van der Waals surface area contributed by atoms with Crippen molar-refractivity contribution in [2.45, 2.75) is 13.0 Å². The van der Waals surface area contributed by atoms with Gasteiger partial charge in [0.25, 0.3) is 0 Å². The van der Waals surface area contributed by atoms with Gasteiger partial charge in [0.2, 0.25) is 0 Å². The third kappa shape index (κ3) is 3.67. The molecular weight excluding hydrogens is 400 g/mol. The van der Waals surface area contributed by atoms with Crippen molar-refractivity contribution in [1.82, 2.24) is 0 Å². The van der Waals surface area contributed by atoms with Gasteiger partial charge < -0.3 is 0 Å². The van der Waals surface area contributed by atoms with E-state index >= 15 is 0 Å². The summed E-state index contributed by atoms with van der Waals surface area (Å²) in [6.45, 7) is 2.13. The van der Waals surface area contributed by atoms with Crippen LogP contribution in [0.3, 0.4) is 0 Å². The summed E-state index contributed by atoms with van der Waals surface area (Å²) in [5.41, 5.74) is 2.50. The van der Waals surface area contributed by atoms with E-state index < -0.39 is 0 Å². The molecule has 0 aliphatic heterocycles. The van der Waals surface area contributed by atoms with Crippen LogP contribution in [0.2, 0.25) is 0 Å². The first-order chi connectivity index (χ1) is 8.81. The van der Waals surface area contributed by atoms with Crippen molar-refractivity contribution in [3.8, 4) is 0 Å². The summed E-state index contributed by atoms with van der Waals surface area (Å²) in [6, 6.07) is 19.1. The standard InChI is InChI=1S/C15H14INSe/c1-12(13-7-3-2-4-8-13)17-11-14-9-5-6-10-15(14)18-16/h2-12H,1H3/t12-/m1/s1. The zero-order valence-electron chi connectivity index (χ0n) is 10.1. The molecule has 0 fully saturated rings. The molecule has 1 atom stereocenters. The van der Waals surface area contributed by atoms with Crippen LogP contribution in [-0.4, -0.2) is 17.9 Å². The molecule has 3 heteroatoms. The fraction of sp³-hybridized carbons (Fsp3) is 0.133. The van der Waals surface area contributed by atoms with E-state index in [9.17, 15) is 0 Å². The van der Waals surface area contributed by atoms with Crippen LogP contribution in [0.25, 0.3) is 0 Å². The molecule has 0 radical (unpaired) electrons. The van der Waals surface area contributed by atoms with Gasteiger partial charge in [-0.25, -0.2) is 0 Å². The van der Waals surface area contributed by atoms with Gasteiger partial charge in [0, 0.05) is 0 Å². The molecule has 0 aliphatic carbocycles. The SMILES string of the molecule is C[C@@H](N=Cc1ccccc1[Se]I)c1ccccc1. The van der Waals surface area contributed by atoms with E-state index in [1.807, 2.05) is 12.3 Å². The molecular formula is C15H14INSe.